The van der Waals surface area contributed by atoms with E-state index >= 15 is 0 Å². The molecule has 3 heteroatoms. The van der Waals surface area contributed by atoms with Gasteiger partial charge < -0.3 is 5.32 Å². The van der Waals surface area contributed by atoms with Crippen LogP contribution in [0.15, 0.2) is 28.7 Å². The maximum absolute atomic E-state index is 3.58. The van der Waals surface area contributed by atoms with E-state index in [-0.39, 0.29) is 0 Å². The lowest BCUT2D eigenvalue weighted by Gasteiger charge is -2.35. The normalized spacial score (nSPS) is 20.4. The van der Waals surface area contributed by atoms with E-state index in [9.17, 15) is 0 Å². The van der Waals surface area contributed by atoms with Crippen molar-refractivity contribution in [2.45, 2.75) is 45.1 Å². The van der Waals surface area contributed by atoms with Gasteiger partial charge in [-0.1, -0.05) is 31.9 Å². The second kappa shape index (κ2) is 7.91. The Morgan fingerprint density at radius 1 is 1.32 bits per heavy atom. The Kier molecular flexibility index (Phi) is 6.18. The Bertz CT molecular complexity index is 379. The van der Waals surface area contributed by atoms with Crippen LogP contribution in [0.25, 0.3) is 0 Å². The van der Waals surface area contributed by atoms with Gasteiger partial charge in [-0.05, 0) is 53.9 Å². The van der Waals surface area contributed by atoms with Gasteiger partial charge >= 0.3 is 0 Å². The molecule has 1 aliphatic rings. The smallest absolute Gasteiger partial charge is 0.0485 e. The van der Waals surface area contributed by atoms with E-state index in [4.69, 9.17) is 0 Å². The molecular weight excluding hydrogens is 300 g/mol. The lowest BCUT2D eigenvalue weighted by atomic mass is 9.98. The first kappa shape index (κ1) is 14.9. The lowest BCUT2D eigenvalue weighted by molar-refractivity contribution is 0.145. The average molecular weight is 325 g/mol. The molecule has 2 rings (SSSR count). The van der Waals surface area contributed by atoms with Gasteiger partial charge in [0.2, 0.25) is 0 Å². The highest BCUT2D eigenvalue weighted by atomic mass is 79.9. The number of para-hydroxylation sites is 1. The van der Waals surface area contributed by atoms with Crippen LogP contribution in [0, 0.1) is 0 Å². The molecule has 1 aromatic rings. The summed E-state index contributed by atoms with van der Waals surface area (Å²) in [7, 11) is 0. The van der Waals surface area contributed by atoms with Gasteiger partial charge in [0.05, 0.1) is 0 Å². The number of hydrogen-bond donors (Lipinski definition) is 1. The zero-order valence-electron chi connectivity index (χ0n) is 11.9. The predicted molar refractivity (Wildman–Crippen MR) is 86.8 cm³/mol. The number of benzene rings is 1. The van der Waals surface area contributed by atoms with Crippen LogP contribution < -0.4 is 5.32 Å². The second-order valence-electron chi connectivity index (χ2n) is 5.38. The standard InChI is InChI=1S/C16H25BrN2/c1-2-7-14-8-5-6-12-19(14)13-11-18-16-10-4-3-9-15(16)17/h3-4,9-10,14,18H,2,5-8,11-13H2,1H3. The molecule has 106 valence electrons. The van der Waals surface area contributed by atoms with Gasteiger partial charge in [0.1, 0.15) is 0 Å². The van der Waals surface area contributed by atoms with Crippen LogP contribution in [0.2, 0.25) is 0 Å². The summed E-state index contributed by atoms with van der Waals surface area (Å²) in [6, 6.07) is 9.16. The van der Waals surface area contributed by atoms with Gasteiger partial charge in [-0.25, -0.2) is 0 Å². The van der Waals surface area contributed by atoms with E-state index in [0.29, 0.717) is 0 Å². The van der Waals surface area contributed by atoms with Gasteiger partial charge in [0.25, 0.3) is 0 Å². The van der Waals surface area contributed by atoms with Crippen LogP contribution in [-0.2, 0) is 0 Å². The first-order valence-electron chi connectivity index (χ1n) is 7.53. The fourth-order valence-corrected chi connectivity index (χ4v) is 3.38. The third-order valence-electron chi connectivity index (χ3n) is 3.96. The second-order valence-corrected chi connectivity index (χ2v) is 6.24. The third kappa shape index (κ3) is 4.50. The van der Waals surface area contributed by atoms with Crippen molar-refractivity contribution < 1.29 is 0 Å². The van der Waals surface area contributed by atoms with E-state index in [2.05, 4.69) is 57.3 Å². The monoisotopic (exact) mass is 324 g/mol. The minimum absolute atomic E-state index is 0.819. The number of anilines is 1. The van der Waals surface area contributed by atoms with Crippen molar-refractivity contribution in [3.63, 3.8) is 0 Å². The fraction of sp³-hybridized carbons (Fsp3) is 0.625. The van der Waals surface area contributed by atoms with Crippen molar-refractivity contribution in [3.8, 4) is 0 Å². The highest BCUT2D eigenvalue weighted by Gasteiger charge is 2.20. The molecule has 19 heavy (non-hydrogen) atoms. The van der Waals surface area contributed by atoms with Gasteiger partial charge in [0, 0.05) is 29.3 Å². The molecule has 0 saturated carbocycles. The molecule has 1 unspecified atom stereocenters. The summed E-state index contributed by atoms with van der Waals surface area (Å²) in [5, 5.41) is 3.53. The van der Waals surface area contributed by atoms with Crippen LogP contribution in [-0.4, -0.2) is 30.6 Å². The SMILES string of the molecule is CCCC1CCCCN1CCNc1ccccc1Br. The van der Waals surface area contributed by atoms with Crippen molar-refractivity contribution in [1.82, 2.24) is 4.90 Å². The Labute approximate surface area is 125 Å². The van der Waals surface area contributed by atoms with Gasteiger partial charge in [-0.2, -0.15) is 0 Å². The minimum Gasteiger partial charge on any atom is -0.383 e. The quantitative estimate of drug-likeness (QED) is 0.827. The molecule has 0 aliphatic carbocycles. The molecule has 0 spiro atoms. The minimum atomic E-state index is 0.819. The van der Waals surface area contributed by atoms with Crippen molar-refractivity contribution >= 4 is 21.6 Å². The summed E-state index contributed by atoms with van der Waals surface area (Å²) in [6.07, 6.45) is 6.84. The first-order chi connectivity index (χ1) is 9.31. The number of rotatable bonds is 6. The molecular formula is C16H25BrN2. The summed E-state index contributed by atoms with van der Waals surface area (Å²) in [5.74, 6) is 0. The van der Waals surface area contributed by atoms with Crippen LogP contribution >= 0.6 is 15.9 Å². The molecule has 1 N–H and O–H groups in total. The van der Waals surface area contributed by atoms with Gasteiger partial charge in [-0.15, -0.1) is 0 Å². The number of nitrogens with zero attached hydrogens (tertiary/aromatic N) is 1. The number of nitrogens with one attached hydrogen (secondary N) is 1. The molecule has 1 aromatic carbocycles. The van der Waals surface area contributed by atoms with Crippen molar-refractivity contribution in [2.24, 2.45) is 0 Å². The molecule has 0 bridgehead atoms. The topological polar surface area (TPSA) is 15.3 Å². The Balaban J connectivity index is 1.79. The van der Waals surface area contributed by atoms with E-state index in [1.54, 1.807) is 0 Å². The van der Waals surface area contributed by atoms with Gasteiger partial charge in [0.15, 0.2) is 0 Å². The summed E-state index contributed by atoms with van der Waals surface area (Å²) in [5.41, 5.74) is 1.20. The zero-order chi connectivity index (χ0) is 13.5. The van der Waals surface area contributed by atoms with Crippen LogP contribution in [0.3, 0.4) is 0 Å². The number of halogens is 1. The van der Waals surface area contributed by atoms with E-state index < -0.39 is 0 Å². The summed E-state index contributed by atoms with van der Waals surface area (Å²) in [4.78, 5) is 2.68. The Morgan fingerprint density at radius 3 is 2.95 bits per heavy atom. The Morgan fingerprint density at radius 2 is 2.16 bits per heavy atom. The molecule has 0 radical (unpaired) electrons. The highest BCUT2D eigenvalue weighted by Crippen LogP contribution is 2.22. The molecule has 1 heterocycles. The maximum Gasteiger partial charge on any atom is 0.0485 e. The fourth-order valence-electron chi connectivity index (χ4n) is 2.95. The van der Waals surface area contributed by atoms with Crippen LogP contribution in [0.1, 0.15) is 39.0 Å². The number of hydrogen-bond acceptors (Lipinski definition) is 2. The summed E-state index contributed by atoms with van der Waals surface area (Å²) < 4.78 is 1.15. The number of likely N-dealkylation sites (tertiary alicyclic amines) is 1. The highest BCUT2D eigenvalue weighted by molar-refractivity contribution is 9.10. The molecule has 1 aliphatic heterocycles. The largest absolute Gasteiger partial charge is 0.383 e. The van der Waals surface area contributed by atoms with E-state index in [1.165, 1.54) is 44.3 Å². The molecule has 0 aromatic heterocycles. The number of piperidine rings is 1. The lowest BCUT2D eigenvalue weighted by Crippen LogP contribution is -2.41. The Hall–Kier alpha value is -0.540. The van der Waals surface area contributed by atoms with Crippen molar-refractivity contribution in [3.05, 3.63) is 28.7 Å². The van der Waals surface area contributed by atoms with Crippen LogP contribution in [0.5, 0.6) is 0 Å². The van der Waals surface area contributed by atoms with Gasteiger partial charge in [-0.3, -0.25) is 4.90 Å². The van der Waals surface area contributed by atoms with Crippen molar-refractivity contribution in [1.29, 1.82) is 0 Å². The summed E-state index contributed by atoms with van der Waals surface area (Å²) in [6.45, 7) is 5.77. The molecule has 2 nitrogen and oxygen atoms in total. The average Bonchev–Trinajstić information content (AvgIpc) is 2.43. The molecule has 0 amide bonds. The van der Waals surface area contributed by atoms with Crippen molar-refractivity contribution in [2.75, 3.05) is 25.0 Å². The third-order valence-corrected chi connectivity index (χ3v) is 4.65. The zero-order valence-corrected chi connectivity index (χ0v) is 13.5. The van der Waals surface area contributed by atoms with E-state index in [0.717, 1.165) is 23.6 Å². The molecule has 1 saturated heterocycles. The maximum atomic E-state index is 3.58. The van der Waals surface area contributed by atoms with E-state index in [1.807, 2.05) is 0 Å². The molecule has 1 fully saturated rings. The summed E-state index contributed by atoms with van der Waals surface area (Å²) >= 11 is 3.58. The predicted octanol–water partition coefficient (Wildman–Crippen LogP) is 4.52. The van der Waals surface area contributed by atoms with Crippen LogP contribution in [0.4, 0.5) is 5.69 Å². The molecule has 1 atom stereocenters. The first-order valence-corrected chi connectivity index (χ1v) is 8.33.